The first-order valence-corrected chi connectivity index (χ1v) is 11.2. The van der Waals surface area contributed by atoms with Crippen LogP contribution in [0.2, 0.25) is 0 Å². The molecule has 2 unspecified atom stereocenters. The van der Waals surface area contributed by atoms with Gasteiger partial charge in [-0.3, -0.25) is 0 Å². The van der Waals surface area contributed by atoms with Gasteiger partial charge in [-0.15, -0.1) is 4.36 Å². The first-order valence-electron chi connectivity index (χ1n) is 9.66. The standard InChI is InChI=1S/C19H23N5O4S/c1-27-9-11-8-24-18(28-10-11)16(7-21-24)29(20,26)23-19(25)22-17-14-4-2-12(14)6-13-3-5-15(13)17/h6-7,11H,2-5,8-10H2,1H3,(H3,20,22,23,25,26). The zero-order chi connectivity index (χ0) is 20.2. The van der Waals surface area contributed by atoms with Crippen molar-refractivity contribution >= 4 is 21.6 Å². The monoisotopic (exact) mass is 417 g/mol. The smallest absolute Gasteiger partial charge is 0.354 e. The first kappa shape index (κ1) is 18.6. The molecule has 0 bridgehead atoms. The minimum absolute atomic E-state index is 0.137. The Morgan fingerprint density at radius 2 is 2.10 bits per heavy atom. The van der Waals surface area contributed by atoms with Gasteiger partial charge in [-0.25, -0.2) is 18.8 Å². The number of nitrogens with zero attached hydrogens (tertiary/aromatic N) is 3. The number of fused-ring (bicyclic) bond motifs is 3. The van der Waals surface area contributed by atoms with E-state index in [9.17, 15) is 9.00 Å². The number of hydrogen-bond donors (Lipinski definition) is 2. The number of rotatable bonds is 4. The Labute approximate surface area is 168 Å². The number of amides is 2. The summed E-state index contributed by atoms with van der Waals surface area (Å²) in [5, 5.41) is 13.0. The van der Waals surface area contributed by atoms with Crippen LogP contribution in [0.15, 0.2) is 21.5 Å². The fourth-order valence-corrected chi connectivity index (χ4v) is 5.19. The molecule has 1 aromatic carbocycles. The number of urea groups is 1. The topological polar surface area (TPSA) is 121 Å². The van der Waals surface area contributed by atoms with Crippen LogP contribution in [0.4, 0.5) is 10.5 Å². The van der Waals surface area contributed by atoms with Gasteiger partial charge in [0, 0.05) is 18.7 Å². The van der Waals surface area contributed by atoms with E-state index in [1.165, 1.54) is 17.3 Å². The summed E-state index contributed by atoms with van der Waals surface area (Å²) in [5.41, 5.74) is 5.69. The van der Waals surface area contributed by atoms with Gasteiger partial charge in [0.05, 0.1) is 26.0 Å². The lowest BCUT2D eigenvalue weighted by Gasteiger charge is -2.31. The van der Waals surface area contributed by atoms with Gasteiger partial charge in [-0.1, -0.05) is 6.07 Å². The largest absolute Gasteiger partial charge is 0.476 e. The van der Waals surface area contributed by atoms with E-state index in [4.69, 9.17) is 14.6 Å². The molecule has 2 amide bonds. The Morgan fingerprint density at radius 3 is 2.72 bits per heavy atom. The second-order valence-corrected chi connectivity index (χ2v) is 9.51. The van der Waals surface area contributed by atoms with E-state index in [-0.39, 0.29) is 10.8 Å². The Bertz CT molecular complexity index is 1100. The summed E-state index contributed by atoms with van der Waals surface area (Å²) in [5.74, 6) is 0.443. The van der Waals surface area contributed by atoms with Crippen molar-refractivity contribution in [2.75, 3.05) is 25.6 Å². The van der Waals surface area contributed by atoms with Gasteiger partial charge >= 0.3 is 6.03 Å². The lowest BCUT2D eigenvalue weighted by atomic mass is 9.76. The second-order valence-electron chi connectivity index (χ2n) is 7.75. The van der Waals surface area contributed by atoms with Crippen LogP contribution >= 0.6 is 0 Å². The SMILES string of the molecule is COCC1COc2c(S(N)(=O)=NC(=O)Nc3c4c(cc5c3CC5)CC4)cnn2C1. The van der Waals surface area contributed by atoms with Crippen LogP contribution in [-0.4, -0.2) is 40.3 Å². The molecule has 2 heterocycles. The molecule has 0 radical (unpaired) electrons. The molecule has 0 spiro atoms. The predicted octanol–water partition coefficient (Wildman–Crippen LogP) is 1.67. The third kappa shape index (κ3) is 3.11. The maximum Gasteiger partial charge on any atom is 0.354 e. The number of nitrogens with two attached hydrogens (primary N) is 1. The van der Waals surface area contributed by atoms with Gasteiger partial charge in [0.1, 0.15) is 4.90 Å². The lowest BCUT2D eigenvalue weighted by molar-refractivity contribution is 0.0780. The van der Waals surface area contributed by atoms with E-state index in [2.05, 4.69) is 20.8 Å². The first-order chi connectivity index (χ1) is 14.0. The van der Waals surface area contributed by atoms with Gasteiger partial charge in [0.25, 0.3) is 0 Å². The van der Waals surface area contributed by atoms with Crippen LogP contribution in [0.25, 0.3) is 0 Å². The average Bonchev–Trinajstić information content (AvgIpc) is 3.03. The van der Waals surface area contributed by atoms with Crippen molar-refractivity contribution < 1.29 is 18.5 Å². The summed E-state index contributed by atoms with van der Waals surface area (Å²) in [6.45, 7) is 1.49. The van der Waals surface area contributed by atoms with Crippen LogP contribution in [-0.2, 0) is 46.9 Å². The van der Waals surface area contributed by atoms with E-state index in [0.29, 0.717) is 25.6 Å². The summed E-state index contributed by atoms with van der Waals surface area (Å²) in [4.78, 5) is 12.7. The fraction of sp³-hybridized carbons (Fsp3) is 0.474. The average molecular weight is 417 g/mol. The number of aryl methyl sites for hydroxylation is 2. The van der Waals surface area contributed by atoms with E-state index in [0.717, 1.165) is 42.5 Å². The number of aromatic nitrogens is 2. The maximum atomic E-state index is 13.1. The van der Waals surface area contributed by atoms with Gasteiger partial charge in [0.2, 0.25) is 5.88 Å². The van der Waals surface area contributed by atoms with Crippen LogP contribution in [0.1, 0.15) is 22.3 Å². The van der Waals surface area contributed by atoms with E-state index < -0.39 is 15.9 Å². The van der Waals surface area contributed by atoms with Gasteiger partial charge in [-0.2, -0.15) is 5.10 Å². The number of benzene rings is 1. The minimum Gasteiger partial charge on any atom is -0.476 e. The molecule has 1 aliphatic heterocycles. The zero-order valence-electron chi connectivity index (χ0n) is 16.1. The van der Waals surface area contributed by atoms with Crippen molar-refractivity contribution in [3.63, 3.8) is 0 Å². The lowest BCUT2D eigenvalue weighted by Crippen LogP contribution is -2.30. The Hall–Kier alpha value is -2.43. The molecule has 2 aliphatic carbocycles. The van der Waals surface area contributed by atoms with E-state index >= 15 is 0 Å². The number of nitrogens with one attached hydrogen (secondary N) is 1. The normalized spacial score (nSPS) is 20.7. The second kappa shape index (κ2) is 6.82. The summed E-state index contributed by atoms with van der Waals surface area (Å²) in [7, 11) is -1.87. The molecule has 154 valence electrons. The van der Waals surface area contributed by atoms with Crippen molar-refractivity contribution in [1.29, 1.82) is 0 Å². The number of anilines is 1. The van der Waals surface area contributed by atoms with Crippen LogP contribution in [0, 0.1) is 5.92 Å². The summed E-state index contributed by atoms with van der Waals surface area (Å²) < 4.78 is 29.3. The molecule has 3 aliphatic rings. The Balaban J connectivity index is 1.40. The van der Waals surface area contributed by atoms with Crippen molar-refractivity contribution in [2.45, 2.75) is 37.1 Å². The van der Waals surface area contributed by atoms with Crippen LogP contribution < -0.4 is 15.2 Å². The molecule has 1 aromatic heterocycles. The highest BCUT2D eigenvalue weighted by atomic mass is 32.2. The number of carbonyl (C=O) groups is 1. The molecule has 3 N–H and O–H groups in total. The highest BCUT2D eigenvalue weighted by Gasteiger charge is 2.30. The van der Waals surface area contributed by atoms with Gasteiger partial charge < -0.3 is 14.8 Å². The van der Waals surface area contributed by atoms with Gasteiger partial charge in [-0.05, 0) is 47.9 Å². The molecule has 10 heteroatoms. The molecule has 5 rings (SSSR count). The van der Waals surface area contributed by atoms with Crippen molar-refractivity contribution in [1.82, 2.24) is 9.78 Å². The molecule has 29 heavy (non-hydrogen) atoms. The molecular formula is C19H23N5O4S. The van der Waals surface area contributed by atoms with E-state index in [1.54, 1.807) is 11.8 Å². The fourth-order valence-electron chi connectivity index (χ4n) is 4.19. The molecule has 0 saturated heterocycles. The molecular weight excluding hydrogens is 394 g/mol. The summed E-state index contributed by atoms with van der Waals surface area (Å²) >= 11 is 0. The van der Waals surface area contributed by atoms with E-state index in [1.807, 2.05) is 0 Å². The van der Waals surface area contributed by atoms with Crippen molar-refractivity contribution in [3.8, 4) is 5.88 Å². The quantitative estimate of drug-likeness (QED) is 0.784. The van der Waals surface area contributed by atoms with Crippen molar-refractivity contribution in [3.05, 3.63) is 34.5 Å². The number of carbonyl (C=O) groups excluding carboxylic acids is 1. The highest BCUT2D eigenvalue weighted by Crippen LogP contribution is 2.40. The molecule has 2 atom stereocenters. The van der Waals surface area contributed by atoms with Crippen LogP contribution in [0.5, 0.6) is 5.88 Å². The van der Waals surface area contributed by atoms with Crippen LogP contribution in [0.3, 0.4) is 0 Å². The molecule has 2 aromatic rings. The third-order valence-electron chi connectivity index (χ3n) is 5.83. The van der Waals surface area contributed by atoms with Crippen molar-refractivity contribution in [2.24, 2.45) is 15.4 Å². The van der Waals surface area contributed by atoms with Gasteiger partial charge in [0.15, 0.2) is 9.92 Å². The minimum atomic E-state index is -3.49. The number of hydrogen-bond acceptors (Lipinski definition) is 5. The zero-order valence-corrected chi connectivity index (χ0v) is 17.0. The molecule has 0 saturated carbocycles. The molecule has 0 fully saturated rings. The number of ether oxygens (including phenoxy) is 2. The maximum absolute atomic E-state index is 13.1. The summed E-state index contributed by atoms with van der Waals surface area (Å²) in [6.07, 6.45) is 5.29. The Kier molecular flexibility index (Phi) is 4.37. The predicted molar refractivity (Wildman–Crippen MR) is 106 cm³/mol. The molecule has 9 nitrogen and oxygen atoms in total. The highest BCUT2D eigenvalue weighted by molar-refractivity contribution is 7.91. The number of methoxy groups -OCH3 is 1. The third-order valence-corrected chi connectivity index (χ3v) is 7.18. The Morgan fingerprint density at radius 1 is 1.38 bits per heavy atom. The summed E-state index contributed by atoms with van der Waals surface area (Å²) in [6, 6.07) is 1.52.